The van der Waals surface area contributed by atoms with Crippen LogP contribution < -0.4 is 5.32 Å². The number of Topliss-reactive ketones (excluding diaryl/α,β-unsaturated/α-hetero) is 1. The van der Waals surface area contributed by atoms with Crippen LogP contribution in [0.1, 0.15) is 44.6 Å². The summed E-state index contributed by atoms with van der Waals surface area (Å²) >= 11 is 3.18. The Morgan fingerprint density at radius 2 is 2.00 bits per heavy atom. The number of allylic oxidation sites excluding steroid dienone is 4. The number of hydrogen-bond acceptors (Lipinski definition) is 4. The van der Waals surface area contributed by atoms with E-state index in [1.807, 2.05) is 0 Å². The molecule has 0 bridgehead atoms. The van der Waals surface area contributed by atoms with Gasteiger partial charge in [0.15, 0.2) is 15.6 Å². The second kappa shape index (κ2) is 5.76. The number of ketones is 1. The van der Waals surface area contributed by atoms with Crippen molar-refractivity contribution >= 4 is 31.6 Å². The Bertz CT molecular complexity index is 1010. The highest BCUT2D eigenvalue weighted by Gasteiger charge is 2.48. The monoisotopic (exact) mass is 439 g/mol. The van der Waals surface area contributed by atoms with Crippen LogP contribution >= 0.6 is 15.9 Å². The molecule has 7 heteroatoms. The van der Waals surface area contributed by atoms with E-state index >= 15 is 0 Å². The van der Waals surface area contributed by atoms with E-state index in [9.17, 15) is 17.6 Å². The molecule has 138 valence electrons. The number of benzene rings is 1. The molecule has 1 aliphatic carbocycles. The van der Waals surface area contributed by atoms with Crippen molar-refractivity contribution in [3.05, 3.63) is 55.9 Å². The van der Waals surface area contributed by atoms with Crippen molar-refractivity contribution in [2.45, 2.75) is 39.0 Å². The van der Waals surface area contributed by atoms with E-state index in [2.05, 4.69) is 35.1 Å². The fraction of sp³-hybridized carbons (Fsp3) is 0.421. The van der Waals surface area contributed by atoms with Crippen LogP contribution in [0.5, 0.6) is 0 Å². The third kappa shape index (κ3) is 2.59. The average Bonchev–Trinajstić information content (AvgIpc) is 2.88. The smallest absolute Gasteiger partial charge is 0.177 e. The van der Waals surface area contributed by atoms with Crippen LogP contribution in [-0.4, -0.2) is 20.0 Å². The predicted molar refractivity (Wildman–Crippen MR) is 100 cm³/mol. The van der Waals surface area contributed by atoms with Crippen LogP contribution in [0.2, 0.25) is 0 Å². The maximum atomic E-state index is 13.8. The van der Waals surface area contributed by atoms with E-state index in [-0.39, 0.29) is 26.3 Å². The molecule has 1 atom stereocenters. The Balaban J connectivity index is 2.00. The quantitative estimate of drug-likeness (QED) is 0.719. The third-order valence-corrected chi connectivity index (χ3v) is 8.08. The lowest BCUT2D eigenvalue weighted by Gasteiger charge is -2.41. The predicted octanol–water partition coefficient (Wildman–Crippen LogP) is 3.95. The Labute approximate surface area is 160 Å². The van der Waals surface area contributed by atoms with E-state index in [0.717, 1.165) is 5.70 Å². The molecule has 2 aliphatic heterocycles. The summed E-state index contributed by atoms with van der Waals surface area (Å²) in [5, 5.41) is 3.29. The second-order valence-electron chi connectivity index (χ2n) is 7.74. The molecule has 2 heterocycles. The van der Waals surface area contributed by atoms with Crippen molar-refractivity contribution < 1.29 is 17.6 Å². The molecular formula is C19H19BrFNO3S. The number of dihydropyridines is 1. The van der Waals surface area contributed by atoms with Gasteiger partial charge in [-0.25, -0.2) is 12.8 Å². The van der Waals surface area contributed by atoms with Crippen molar-refractivity contribution in [2.75, 3.05) is 5.75 Å². The molecule has 0 unspecified atom stereocenters. The van der Waals surface area contributed by atoms with Gasteiger partial charge in [0.2, 0.25) is 0 Å². The summed E-state index contributed by atoms with van der Waals surface area (Å²) in [6.45, 7) is 4.13. The van der Waals surface area contributed by atoms with Crippen LogP contribution in [0.4, 0.5) is 4.39 Å². The van der Waals surface area contributed by atoms with Crippen molar-refractivity contribution in [2.24, 2.45) is 5.41 Å². The molecule has 0 fully saturated rings. The first-order valence-electron chi connectivity index (χ1n) is 8.57. The van der Waals surface area contributed by atoms with Gasteiger partial charge < -0.3 is 5.32 Å². The molecule has 4 rings (SSSR count). The SMILES string of the molecule is CC1(C)CCC(=O)C2=C1NC1=C([C@H]2c2ccc(F)c(Br)c2)S(=O)(=O)CC1. The van der Waals surface area contributed by atoms with E-state index in [0.29, 0.717) is 36.1 Å². The standard InChI is InChI=1S/C19H19BrFNO3S/c1-19(2)7-5-14(23)16-15(10-3-4-12(21)11(20)9-10)17-13(22-18(16)19)6-8-26(17,24)25/h3-4,9,15,22H,5-8H2,1-2H3/t15-/m0/s1. The highest BCUT2D eigenvalue weighted by atomic mass is 79.9. The first kappa shape index (κ1) is 17.9. The van der Waals surface area contributed by atoms with Gasteiger partial charge in [-0.2, -0.15) is 0 Å². The van der Waals surface area contributed by atoms with Gasteiger partial charge in [-0.05, 0) is 40.0 Å². The normalized spacial score (nSPS) is 26.5. The van der Waals surface area contributed by atoms with E-state index in [4.69, 9.17) is 0 Å². The van der Waals surface area contributed by atoms with Crippen LogP contribution in [0.15, 0.2) is 44.5 Å². The highest BCUT2D eigenvalue weighted by Crippen LogP contribution is 2.51. The number of sulfone groups is 1. The van der Waals surface area contributed by atoms with Crippen molar-refractivity contribution in [1.29, 1.82) is 0 Å². The van der Waals surface area contributed by atoms with Gasteiger partial charge in [0.25, 0.3) is 0 Å². The largest absolute Gasteiger partial charge is 0.361 e. The molecule has 0 amide bonds. The first-order chi connectivity index (χ1) is 12.1. The molecule has 1 aromatic rings. The zero-order chi connectivity index (χ0) is 18.9. The fourth-order valence-corrected chi connectivity index (χ4v) is 6.39. The summed E-state index contributed by atoms with van der Waals surface area (Å²) in [6, 6.07) is 4.47. The summed E-state index contributed by atoms with van der Waals surface area (Å²) in [7, 11) is -3.46. The topological polar surface area (TPSA) is 63.2 Å². The number of carbonyl (C=O) groups is 1. The molecule has 3 aliphatic rings. The summed E-state index contributed by atoms with van der Waals surface area (Å²) < 4.78 is 39.5. The molecule has 1 N–H and O–H groups in total. The zero-order valence-corrected chi connectivity index (χ0v) is 16.9. The summed E-state index contributed by atoms with van der Waals surface area (Å²) in [5.74, 6) is -1.09. The van der Waals surface area contributed by atoms with Crippen LogP contribution in [0.25, 0.3) is 0 Å². The minimum atomic E-state index is -3.46. The van der Waals surface area contributed by atoms with Crippen molar-refractivity contribution in [3.8, 4) is 0 Å². The van der Waals surface area contributed by atoms with E-state index < -0.39 is 21.6 Å². The molecule has 0 saturated carbocycles. The lowest BCUT2D eigenvalue weighted by Crippen LogP contribution is -2.39. The second-order valence-corrected chi connectivity index (χ2v) is 10.7. The summed E-state index contributed by atoms with van der Waals surface area (Å²) in [5.41, 5.74) is 2.39. The van der Waals surface area contributed by atoms with E-state index in [1.165, 1.54) is 6.07 Å². The first-order valence-corrected chi connectivity index (χ1v) is 11.0. The third-order valence-electron chi connectivity index (χ3n) is 5.58. The van der Waals surface area contributed by atoms with Gasteiger partial charge in [-0.1, -0.05) is 19.9 Å². The van der Waals surface area contributed by atoms with Gasteiger partial charge >= 0.3 is 0 Å². The van der Waals surface area contributed by atoms with Gasteiger partial charge in [0.05, 0.1) is 21.0 Å². The number of hydrogen-bond donors (Lipinski definition) is 1. The highest BCUT2D eigenvalue weighted by molar-refractivity contribution is 9.10. The van der Waals surface area contributed by atoms with Crippen LogP contribution in [-0.2, 0) is 14.6 Å². The fourth-order valence-electron chi connectivity index (χ4n) is 4.16. The molecule has 4 nitrogen and oxygen atoms in total. The van der Waals surface area contributed by atoms with Gasteiger partial charge in [0, 0.05) is 35.2 Å². The number of rotatable bonds is 1. The Morgan fingerprint density at radius 1 is 1.27 bits per heavy atom. The zero-order valence-electron chi connectivity index (χ0n) is 14.5. The molecule has 26 heavy (non-hydrogen) atoms. The maximum Gasteiger partial charge on any atom is 0.177 e. The maximum absolute atomic E-state index is 13.8. The molecular weight excluding hydrogens is 421 g/mol. The van der Waals surface area contributed by atoms with E-state index in [1.54, 1.807) is 12.1 Å². The summed E-state index contributed by atoms with van der Waals surface area (Å²) in [4.78, 5) is 13.1. The van der Waals surface area contributed by atoms with Gasteiger partial charge in [-0.3, -0.25) is 4.79 Å². The molecule has 0 spiro atoms. The minimum Gasteiger partial charge on any atom is -0.361 e. The van der Waals surface area contributed by atoms with Crippen LogP contribution in [0, 0.1) is 11.2 Å². The molecule has 0 aromatic heterocycles. The average molecular weight is 440 g/mol. The number of carbonyl (C=O) groups excluding carboxylic acids is 1. The lowest BCUT2D eigenvalue weighted by molar-refractivity contribution is -0.117. The van der Waals surface area contributed by atoms with Gasteiger partial charge in [-0.15, -0.1) is 0 Å². The molecule has 1 aromatic carbocycles. The Morgan fingerprint density at radius 3 is 2.69 bits per heavy atom. The Kier molecular flexibility index (Phi) is 3.97. The van der Waals surface area contributed by atoms with Gasteiger partial charge in [0.1, 0.15) is 5.82 Å². The molecule has 0 saturated heterocycles. The van der Waals surface area contributed by atoms with Crippen molar-refractivity contribution in [1.82, 2.24) is 5.32 Å². The number of nitrogens with one attached hydrogen (secondary N) is 1. The summed E-state index contributed by atoms with van der Waals surface area (Å²) in [6.07, 6.45) is 1.51. The number of halogens is 2. The van der Waals surface area contributed by atoms with Crippen molar-refractivity contribution in [3.63, 3.8) is 0 Å². The lowest BCUT2D eigenvalue weighted by atomic mass is 9.69. The molecule has 0 radical (unpaired) electrons. The minimum absolute atomic E-state index is 0.0362. The Hall–Kier alpha value is -1.47. The van der Waals surface area contributed by atoms with Crippen LogP contribution in [0.3, 0.4) is 0 Å².